The maximum absolute atomic E-state index is 4.79. The van der Waals surface area contributed by atoms with Crippen LogP contribution in [0.15, 0.2) is 35.3 Å². The molecule has 1 aromatic rings. The van der Waals surface area contributed by atoms with E-state index in [0.29, 0.717) is 0 Å². The first-order valence-corrected chi connectivity index (χ1v) is 3.25. The summed E-state index contributed by atoms with van der Waals surface area (Å²) in [4.78, 5) is 1.60. The van der Waals surface area contributed by atoms with E-state index in [2.05, 4.69) is 0 Å². The summed E-state index contributed by atoms with van der Waals surface area (Å²) in [6.07, 6.45) is 1.89. The molecule has 0 aliphatic carbocycles. The van der Waals surface area contributed by atoms with Crippen LogP contribution in [0.25, 0.3) is 6.08 Å². The monoisotopic (exact) mass is 166 g/mol. The summed E-state index contributed by atoms with van der Waals surface area (Å²) in [6.45, 7) is 0. The van der Waals surface area contributed by atoms with Gasteiger partial charge in [0.15, 0.2) is 0 Å². The van der Waals surface area contributed by atoms with Gasteiger partial charge in [-0.1, -0.05) is 0 Å². The van der Waals surface area contributed by atoms with Gasteiger partial charge in [-0.3, -0.25) is 0 Å². The molecule has 0 heterocycles. The average molecular weight is 167 g/mol. The minimum atomic E-state index is 1.15. The number of rotatable bonds is 1. The van der Waals surface area contributed by atoms with Crippen molar-refractivity contribution in [2.24, 2.45) is 0 Å². The fourth-order valence-electron chi connectivity index (χ4n) is 0.622. The molecule has 50 valence electrons. The van der Waals surface area contributed by atoms with Crippen molar-refractivity contribution < 1.29 is 16.0 Å². The molecule has 0 saturated heterocycles. The van der Waals surface area contributed by atoms with Crippen LogP contribution in [-0.2, 0) is 16.0 Å². The Morgan fingerprint density at radius 1 is 1.11 bits per heavy atom. The van der Waals surface area contributed by atoms with Crippen LogP contribution in [0.5, 0.6) is 0 Å². The topological polar surface area (TPSA) is 0 Å². The van der Waals surface area contributed by atoms with Gasteiger partial charge in [0, 0.05) is 0 Å². The third-order valence-corrected chi connectivity index (χ3v) is 1.20. The Balaban J connectivity index is 2.85. The fourth-order valence-corrected chi connectivity index (χ4v) is 0.803. The van der Waals surface area contributed by atoms with Gasteiger partial charge >= 0.3 is 63.0 Å². The third kappa shape index (κ3) is 2.04. The summed E-state index contributed by atoms with van der Waals surface area (Å²) in [5.41, 5.74) is 1.15. The van der Waals surface area contributed by atoms with E-state index in [0.717, 1.165) is 5.56 Å². The van der Waals surface area contributed by atoms with Crippen molar-refractivity contribution >= 4 is 6.08 Å². The second kappa shape index (κ2) is 3.49. The van der Waals surface area contributed by atoms with Crippen LogP contribution in [-0.4, -0.2) is 0 Å². The first-order valence-electron chi connectivity index (χ1n) is 2.71. The molecular formula is C8H7Cu. The van der Waals surface area contributed by atoms with E-state index < -0.39 is 0 Å². The van der Waals surface area contributed by atoms with Crippen LogP contribution in [0, 0.1) is 0 Å². The molecule has 1 heteroatoms. The number of benzene rings is 1. The molecule has 1 rings (SSSR count). The molecule has 0 aliphatic heterocycles. The Kier molecular flexibility index (Phi) is 2.56. The van der Waals surface area contributed by atoms with E-state index in [1.165, 1.54) is 0 Å². The van der Waals surface area contributed by atoms with Gasteiger partial charge in [0.1, 0.15) is 0 Å². The summed E-state index contributed by atoms with van der Waals surface area (Å²) in [5, 5.41) is 0. The Morgan fingerprint density at radius 2 is 1.78 bits per heavy atom. The van der Waals surface area contributed by atoms with Crippen LogP contribution in [0.3, 0.4) is 0 Å². The third-order valence-electron chi connectivity index (χ3n) is 1.04. The minimum absolute atomic E-state index is 1.15. The zero-order valence-corrected chi connectivity index (χ0v) is 5.78. The quantitative estimate of drug-likeness (QED) is 0.562. The SMILES string of the molecule is [Cu][CH]=Cc1ccccc1. The molecule has 0 nitrogen and oxygen atoms in total. The first kappa shape index (κ1) is 6.60. The molecule has 0 radical (unpaired) electrons. The van der Waals surface area contributed by atoms with Gasteiger partial charge in [0.2, 0.25) is 0 Å². The van der Waals surface area contributed by atoms with E-state index >= 15 is 0 Å². The maximum atomic E-state index is 4.79. The van der Waals surface area contributed by atoms with Crippen LogP contribution >= 0.6 is 0 Å². The molecule has 9 heavy (non-hydrogen) atoms. The second-order valence-corrected chi connectivity index (χ2v) is 1.99. The van der Waals surface area contributed by atoms with Gasteiger partial charge in [0.05, 0.1) is 0 Å². The Hall–Kier alpha value is -0.521. The van der Waals surface area contributed by atoms with E-state index in [9.17, 15) is 0 Å². The predicted octanol–water partition coefficient (Wildman–Crippen LogP) is 2.20. The van der Waals surface area contributed by atoms with Crippen molar-refractivity contribution in [2.75, 3.05) is 0 Å². The van der Waals surface area contributed by atoms with Gasteiger partial charge in [0.25, 0.3) is 0 Å². The summed E-state index contributed by atoms with van der Waals surface area (Å²) < 4.78 is 0. The predicted molar refractivity (Wildman–Crippen MR) is 35.5 cm³/mol. The van der Waals surface area contributed by atoms with Crippen molar-refractivity contribution in [3.63, 3.8) is 0 Å². The van der Waals surface area contributed by atoms with Crippen LogP contribution in [0.1, 0.15) is 5.56 Å². The van der Waals surface area contributed by atoms with Gasteiger partial charge in [-0.2, -0.15) is 0 Å². The molecule has 0 bridgehead atoms. The Bertz CT molecular complexity index is 189. The van der Waals surface area contributed by atoms with Crippen LogP contribution in [0.2, 0.25) is 0 Å². The van der Waals surface area contributed by atoms with Gasteiger partial charge in [-0.05, 0) is 0 Å². The van der Waals surface area contributed by atoms with Crippen molar-refractivity contribution in [2.45, 2.75) is 0 Å². The van der Waals surface area contributed by atoms with Gasteiger partial charge in [-0.25, -0.2) is 0 Å². The summed E-state index contributed by atoms with van der Waals surface area (Å²) >= 11 is 4.79. The Morgan fingerprint density at radius 3 is 2.33 bits per heavy atom. The Labute approximate surface area is 63.4 Å². The standard InChI is InChI=1S/C8H7.Cu/c1-2-8-6-4-3-5-7-8;/h1-7H;. The molecule has 0 unspecified atom stereocenters. The van der Waals surface area contributed by atoms with Crippen molar-refractivity contribution in [3.8, 4) is 0 Å². The van der Waals surface area contributed by atoms with Crippen molar-refractivity contribution in [1.82, 2.24) is 0 Å². The average Bonchev–Trinajstić information content (AvgIpc) is 1.91. The van der Waals surface area contributed by atoms with Crippen LogP contribution in [0.4, 0.5) is 0 Å². The van der Waals surface area contributed by atoms with Crippen molar-refractivity contribution in [1.29, 1.82) is 0 Å². The number of hydrogen-bond acceptors (Lipinski definition) is 0. The molecule has 0 fully saturated rings. The molecular weight excluding hydrogens is 160 g/mol. The molecule has 0 saturated carbocycles. The normalized spacial score (nSPS) is 10.4. The van der Waals surface area contributed by atoms with Crippen molar-refractivity contribution in [3.05, 3.63) is 40.9 Å². The molecule has 0 N–H and O–H groups in total. The first-order chi connectivity index (χ1) is 4.43. The zero-order chi connectivity index (χ0) is 6.53. The summed E-state index contributed by atoms with van der Waals surface area (Å²) in [7, 11) is 0. The zero-order valence-electron chi connectivity index (χ0n) is 4.84. The number of hydrogen-bond donors (Lipinski definition) is 0. The van der Waals surface area contributed by atoms with E-state index in [1.807, 2.05) is 36.4 Å². The van der Waals surface area contributed by atoms with Gasteiger partial charge < -0.3 is 0 Å². The molecule has 1 aromatic carbocycles. The molecule has 0 atom stereocenters. The van der Waals surface area contributed by atoms with E-state index in [-0.39, 0.29) is 0 Å². The summed E-state index contributed by atoms with van der Waals surface area (Å²) in [5.74, 6) is 0. The van der Waals surface area contributed by atoms with E-state index in [4.69, 9.17) is 16.0 Å². The fraction of sp³-hybridized carbons (Fsp3) is 0. The van der Waals surface area contributed by atoms with Crippen LogP contribution < -0.4 is 0 Å². The molecule has 0 amide bonds. The van der Waals surface area contributed by atoms with E-state index in [1.54, 1.807) is 4.97 Å². The van der Waals surface area contributed by atoms with Gasteiger partial charge in [-0.15, -0.1) is 0 Å². The molecule has 0 spiro atoms. The summed E-state index contributed by atoms with van der Waals surface area (Å²) in [6, 6.07) is 9.99. The molecule has 0 aliphatic rings. The second-order valence-electron chi connectivity index (χ2n) is 1.68. The molecule has 0 aromatic heterocycles.